The first-order valence-corrected chi connectivity index (χ1v) is 9.27. The van der Waals surface area contributed by atoms with E-state index in [4.69, 9.17) is 18.6 Å². The fourth-order valence-corrected chi connectivity index (χ4v) is 2.87. The number of methoxy groups -OCH3 is 1. The van der Waals surface area contributed by atoms with Crippen LogP contribution in [0.3, 0.4) is 0 Å². The molecule has 0 fully saturated rings. The molecule has 29 heavy (non-hydrogen) atoms. The molecule has 0 aliphatic heterocycles. The maximum Gasteiger partial charge on any atom is 0.306 e. The van der Waals surface area contributed by atoms with Crippen LogP contribution in [-0.2, 0) is 16.1 Å². The Hall–Kier alpha value is -3.00. The minimum absolute atomic E-state index is 0.0246. The van der Waals surface area contributed by atoms with Crippen LogP contribution in [0.15, 0.2) is 33.5 Å². The molecule has 1 aromatic carbocycles. The summed E-state index contributed by atoms with van der Waals surface area (Å²) in [5.41, 5.74) is -0.171. The fourth-order valence-electron chi connectivity index (χ4n) is 2.87. The average molecular weight is 406 g/mol. The number of aliphatic hydroxyl groups is 1. The minimum Gasteiger partial charge on any atom is -0.502 e. The maximum atomic E-state index is 12.2. The number of ether oxygens (including phenoxy) is 3. The van der Waals surface area contributed by atoms with E-state index in [1.165, 1.54) is 7.11 Å². The van der Waals surface area contributed by atoms with E-state index in [0.29, 0.717) is 17.1 Å². The lowest BCUT2D eigenvalue weighted by molar-refractivity contribution is -0.143. The van der Waals surface area contributed by atoms with Crippen molar-refractivity contribution in [1.29, 1.82) is 0 Å². The van der Waals surface area contributed by atoms with Gasteiger partial charge in [0.2, 0.25) is 11.2 Å². The van der Waals surface area contributed by atoms with Crippen molar-refractivity contribution in [3.05, 3.63) is 51.6 Å². The van der Waals surface area contributed by atoms with Gasteiger partial charge in [0.1, 0.15) is 12.4 Å². The summed E-state index contributed by atoms with van der Waals surface area (Å²) < 4.78 is 21.6. The van der Waals surface area contributed by atoms with E-state index in [1.807, 2.05) is 13.8 Å². The third-order valence-corrected chi connectivity index (χ3v) is 4.10. The molecule has 2 N–H and O–H groups in total. The molecule has 2 rings (SSSR count). The molecule has 1 aromatic heterocycles. The lowest BCUT2D eigenvalue weighted by atomic mass is 9.91. The fraction of sp³-hybridized carbons (Fsp3) is 0.429. The van der Waals surface area contributed by atoms with Crippen LogP contribution in [0.25, 0.3) is 0 Å². The molecule has 0 aliphatic carbocycles. The molecular weight excluding hydrogens is 380 g/mol. The molecule has 0 spiro atoms. The van der Waals surface area contributed by atoms with Crippen LogP contribution >= 0.6 is 0 Å². The second kappa shape index (κ2) is 9.97. The lowest BCUT2D eigenvalue weighted by Crippen LogP contribution is -2.15. The van der Waals surface area contributed by atoms with Gasteiger partial charge in [-0.2, -0.15) is 0 Å². The Labute approximate surface area is 168 Å². The Kier molecular flexibility index (Phi) is 7.67. The Morgan fingerprint density at radius 2 is 1.93 bits per heavy atom. The monoisotopic (exact) mass is 406 g/mol. The first-order chi connectivity index (χ1) is 13.8. The normalized spacial score (nSPS) is 11.9. The SMILES string of the molecule is CCOC(=O)CC(c1ccc(OC(C)C)c(OC)c1)c1oc(CO)cc(=O)c1O. The summed E-state index contributed by atoms with van der Waals surface area (Å²) in [6.07, 6.45) is -0.263. The van der Waals surface area contributed by atoms with Gasteiger partial charge in [0.15, 0.2) is 17.3 Å². The second-order valence-electron chi connectivity index (χ2n) is 6.59. The minimum atomic E-state index is -0.838. The zero-order valence-electron chi connectivity index (χ0n) is 16.9. The van der Waals surface area contributed by atoms with Gasteiger partial charge in [0.25, 0.3) is 0 Å². The van der Waals surface area contributed by atoms with Gasteiger partial charge in [-0.05, 0) is 38.5 Å². The summed E-state index contributed by atoms with van der Waals surface area (Å²) in [6.45, 7) is 5.09. The Bertz CT molecular complexity index is 900. The number of esters is 1. The molecular formula is C21H26O8. The van der Waals surface area contributed by atoms with Crippen molar-refractivity contribution in [1.82, 2.24) is 0 Å². The number of carbonyl (C=O) groups is 1. The van der Waals surface area contributed by atoms with Crippen LogP contribution in [0.5, 0.6) is 17.2 Å². The highest BCUT2D eigenvalue weighted by atomic mass is 16.5. The summed E-state index contributed by atoms with van der Waals surface area (Å²) >= 11 is 0. The number of carbonyl (C=O) groups excluding carboxylic acids is 1. The Morgan fingerprint density at radius 3 is 2.52 bits per heavy atom. The molecule has 0 aliphatic rings. The number of rotatable bonds is 9. The number of hydrogen-bond acceptors (Lipinski definition) is 8. The highest BCUT2D eigenvalue weighted by molar-refractivity contribution is 5.71. The second-order valence-corrected chi connectivity index (χ2v) is 6.59. The highest BCUT2D eigenvalue weighted by Crippen LogP contribution is 2.38. The molecule has 1 atom stereocenters. The van der Waals surface area contributed by atoms with E-state index in [2.05, 4.69) is 0 Å². The van der Waals surface area contributed by atoms with Crippen LogP contribution in [0, 0.1) is 0 Å². The molecule has 8 heteroatoms. The van der Waals surface area contributed by atoms with Crippen molar-refractivity contribution in [2.45, 2.75) is 45.8 Å². The lowest BCUT2D eigenvalue weighted by Gasteiger charge is -2.20. The van der Waals surface area contributed by atoms with Gasteiger partial charge in [-0.1, -0.05) is 6.07 Å². The van der Waals surface area contributed by atoms with Crippen molar-refractivity contribution in [3.8, 4) is 17.2 Å². The predicted octanol–water partition coefficient (Wildman–Crippen LogP) is 2.72. The summed E-state index contributed by atoms with van der Waals surface area (Å²) in [4.78, 5) is 24.3. The summed E-state index contributed by atoms with van der Waals surface area (Å²) in [5, 5.41) is 19.7. The number of aliphatic hydroxyl groups excluding tert-OH is 1. The van der Waals surface area contributed by atoms with E-state index >= 15 is 0 Å². The van der Waals surface area contributed by atoms with Crippen LogP contribution in [-0.4, -0.2) is 36.0 Å². The molecule has 0 bridgehead atoms. The smallest absolute Gasteiger partial charge is 0.306 e. The molecule has 158 valence electrons. The van der Waals surface area contributed by atoms with Gasteiger partial charge in [-0.25, -0.2) is 0 Å². The molecule has 1 unspecified atom stereocenters. The van der Waals surface area contributed by atoms with E-state index < -0.39 is 29.7 Å². The Balaban J connectivity index is 2.59. The van der Waals surface area contributed by atoms with Crippen LogP contribution in [0.2, 0.25) is 0 Å². The zero-order chi connectivity index (χ0) is 21.6. The van der Waals surface area contributed by atoms with Crippen LogP contribution < -0.4 is 14.9 Å². The number of hydrogen-bond donors (Lipinski definition) is 2. The largest absolute Gasteiger partial charge is 0.502 e. The molecule has 0 saturated carbocycles. The average Bonchev–Trinajstić information content (AvgIpc) is 2.68. The van der Waals surface area contributed by atoms with E-state index in [9.17, 15) is 19.8 Å². The molecule has 0 amide bonds. The first-order valence-electron chi connectivity index (χ1n) is 9.27. The molecule has 8 nitrogen and oxygen atoms in total. The van der Waals surface area contributed by atoms with Crippen molar-refractivity contribution in [2.24, 2.45) is 0 Å². The Morgan fingerprint density at radius 1 is 1.21 bits per heavy atom. The van der Waals surface area contributed by atoms with Gasteiger partial charge in [0.05, 0.1) is 32.2 Å². The summed E-state index contributed by atoms with van der Waals surface area (Å²) in [5.74, 6) is -1.22. The summed E-state index contributed by atoms with van der Waals surface area (Å²) in [6, 6.07) is 6.01. The van der Waals surface area contributed by atoms with Gasteiger partial charge < -0.3 is 28.8 Å². The first kappa shape index (κ1) is 22.3. The third-order valence-electron chi connectivity index (χ3n) is 4.10. The van der Waals surface area contributed by atoms with E-state index in [-0.39, 0.29) is 30.7 Å². The molecule has 1 heterocycles. The predicted molar refractivity (Wildman–Crippen MR) is 104 cm³/mol. The number of aromatic hydroxyl groups is 1. The van der Waals surface area contributed by atoms with Crippen molar-refractivity contribution < 1.29 is 33.6 Å². The highest BCUT2D eigenvalue weighted by Gasteiger charge is 2.27. The van der Waals surface area contributed by atoms with Gasteiger partial charge in [0, 0.05) is 6.07 Å². The van der Waals surface area contributed by atoms with Gasteiger partial charge in [-0.15, -0.1) is 0 Å². The standard InChI is InChI=1S/C21H26O8/c1-5-27-19(24)10-15(21-20(25)16(23)9-14(11-22)29-21)13-6-7-17(28-12(2)3)18(8-13)26-4/h6-9,12,15,22,25H,5,10-11H2,1-4H3. The van der Waals surface area contributed by atoms with Crippen molar-refractivity contribution in [2.75, 3.05) is 13.7 Å². The van der Waals surface area contributed by atoms with Gasteiger partial charge >= 0.3 is 5.97 Å². The van der Waals surface area contributed by atoms with E-state index in [0.717, 1.165) is 6.07 Å². The molecule has 2 aromatic rings. The third kappa shape index (κ3) is 5.51. The van der Waals surface area contributed by atoms with Crippen molar-refractivity contribution >= 4 is 5.97 Å². The van der Waals surface area contributed by atoms with Gasteiger partial charge in [-0.3, -0.25) is 9.59 Å². The zero-order valence-corrected chi connectivity index (χ0v) is 16.9. The topological polar surface area (TPSA) is 115 Å². The number of benzene rings is 1. The van der Waals surface area contributed by atoms with Crippen LogP contribution in [0.4, 0.5) is 0 Å². The molecule has 0 saturated heterocycles. The maximum absolute atomic E-state index is 12.2. The van der Waals surface area contributed by atoms with E-state index in [1.54, 1.807) is 25.1 Å². The van der Waals surface area contributed by atoms with Crippen molar-refractivity contribution in [3.63, 3.8) is 0 Å². The quantitative estimate of drug-likeness (QED) is 0.611. The van der Waals surface area contributed by atoms with Crippen LogP contribution in [0.1, 0.15) is 50.2 Å². The molecule has 0 radical (unpaired) electrons. The summed E-state index contributed by atoms with van der Waals surface area (Å²) in [7, 11) is 1.48.